The first kappa shape index (κ1) is 26.1. The Morgan fingerprint density at radius 2 is 1.85 bits per heavy atom. The number of anilines is 1. The van der Waals surface area contributed by atoms with E-state index in [1.54, 1.807) is 18.2 Å². The number of hydrogen-bond donors (Lipinski definition) is 1. The van der Waals surface area contributed by atoms with E-state index in [-0.39, 0.29) is 25.4 Å². The maximum absolute atomic E-state index is 13.3. The number of sulfonamides is 2. The van der Waals surface area contributed by atoms with Crippen LogP contribution < -0.4 is 4.90 Å². The molecule has 0 amide bonds. The summed E-state index contributed by atoms with van der Waals surface area (Å²) in [6.07, 6.45) is 1.87. The summed E-state index contributed by atoms with van der Waals surface area (Å²) in [7, 11) is -7.38. The molecule has 34 heavy (non-hydrogen) atoms. The lowest BCUT2D eigenvalue weighted by atomic mass is 10.1. The summed E-state index contributed by atoms with van der Waals surface area (Å²) in [6.45, 7) is 9.59. The Bertz CT molecular complexity index is 1240. The van der Waals surface area contributed by atoms with Crippen molar-refractivity contribution in [3.05, 3.63) is 71.1 Å². The molecule has 3 rings (SSSR count). The van der Waals surface area contributed by atoms with Crippen LogP contribution in [-0.4, -0.2) is 68.5 Å². The first-order valence-electron chi connectivity index (χ1n) is 11.0. The SMILES string of the molecule is [C-]#[N+]c1ccc2c(c1)CN(S(=O)(=O)CCC)[C@H](Cc1ccccc1)CN2CCN(O)S(C)(=O)=O. The van der Waals surface area contributed by atoms with Crippen molar-refractivity contribution in [1.82, 2.24) is 8.77 Å². The Hall–Kier alpha value is -2.49. The normalized spacial score (nSPS) is 17.3. The van der Waals surface area contributed by atoms with E-state index in [1.165, 1.54) is 4.31 Å². The van der Waals surface area contributed by atoms with Crippen LogP contribution in [-0.2, 0) is 33.0 Å². The third-order valence-corrected chi connectivity index (χ3v) is 8.79. The molecule has 0 unspecified atom stereocenters. The number of hydrogen-bond acceptors (Lipinski definition) is 6. The van der Waals surface area contributed by atoms with Crippen LogP contribution in [0.4, 0.5) is 11.4 Å². The van der Waals surface area contributed by atoms with Crippen LogP contribution in [0, 0.1) is 6.57 Å². The van der Waals surface area contributed by atoms with Crippen molar-refractivity contribution in [3.8, 4) is 0 Å². The van der Waals surface area contributed by atoms with Crippen molar-refractivity contribution >= 4 is 31.4 Å². The van der Waals surface area contributed by atoms with Crippen LogP contribution >= 0.6 is 0 Å². The summed E-state index contributed by atoms with van der Waals surface area (Å²) in [5.41, 5.74) is 2.78. The minimum Gasteiger partial charge on any atom is -0.368 e. The molecule has 1 heterocycles. The summed E-state index contributed by atoms with van der Waals surface area (Å²) in [4.78, 5) is 5.38. The van der Waals surface area contributed by atoms with Crippen molar-refractivity contribution < 1.29 is 22.0 Å². The second kappa shape index (κ2) is 10.8. The minimum atomic E-state index is -3.79. The zero-order chi connectivity index (χ0) is 24.9. The zero-order valence-corrected chi connectivity index (χ0v) is 21.0. The Balaban J connectivity index is 2.05. The highest BCUT2D eigenvalue weighted by molar-refractivity contribution is 7.89. The number of nitrogens with zero attached hydrogens (tertiary/aromatic N) is 4. The van der Waals surface area contributed by atoms with Gasteiger partial charge in [0.05, 0.1) is 25.1 Å². The number of benzene rings is 2. The van der Waals surface area contributed by atoms with Crippen LogP contribution in [0.2, 0.25) is 0 Å². The maximum Gasteiger partial charge on any atom is 0.232 e. The highest BCUT2D eigenvalue weighted by Crippen LogP contribution is 2.33. The van der Waals surface area contributed by atoms with E-state index in [1.807, 2.05) is 42.2 Å². The van der Waals surface area contributed by atoms with Crippen LogP contribution in [0.5, 0.6) is 0 Å². The average molecular weight is 507 g/mol. The molecule has 0 spiro atoms. The minimum absolute atomic E-state index is 0.00856. The van der Waals surface area contributed by atoms with Crippen LogP contribution in [0.3, 0.4) is 0 Å². The Morgan fingerprint density at radius 1 is 1.15 bits per heavy atom. The molecule has 1 atom stereocenters. The Labute approximate surface area is 202 Å². The van der Waals surface area contributed by atoms with Gasteiger partial charge in [0.1, 0.15) is 0 Å². The van der Waals surface area contributed by atoms with Gasteiger partial charge in [-0.25, -0.2) is 21.7 Å². The monoisotopic (exact) mass is 506 g/mol. The molecule has 2 aromatic rings. The van der Waals surface area contributed by atoms with Gasteiger partial charge in [0.2, 0.25) is 20.0 Å². The molecule has 0 saturated carbocycles. The highest BCUT2D eigenvalue weighted by atomic mass is 32.2. The standard InChI is InChI=1S/C23H30N4O5S2/c1-4-14-34(31,32)26-17-20-16-21(24-2)10-11-23(20)25(12-13-27(28)33(3,29)30)18-22(26)15-19-8-6-5-7-9-19/h5-11,16,22,28H,4,12-15,17-18H2,1,3H3/t22-/m1/s1. The van der Waals surface area contributed by atoms with Gasteiger partial charge in [-0.05, 0) is 36.1 Å². The summed E-state index contributed by atoms with van der Waals surface area (Å²) in [6, 6.07) is 14.3. The van der Waals surface area contributed by atoms with Gasteiger partial charge in [0, 0.05) is 31.4 Å². The Kier molecular flexibility index (Phi) is 8.33. The maximum atomic E-state index is 13.3. The van der Waals surface area contributed by atoms with E-state index in [0.717, 1.165) is 17.5 Å². The van der Waals surface area contributed by atoms with Crippen molar-refractivity contribution in [2.24, 2.45) is 0 Å². The van der Waals surface area contributed by atoms with Gasteiger partial charge in [-0.2, -0.15) is 4.31 Å². The van der Waals surface area contributed by atoms with Crippen molar-refractivity contribution in [2.75, 3.05) is 36.5 Å². The molecule has 2 aromatic carbocycles. The van der Waals surface area contributed by atoms with Gasteiger partial charge in [-0.15, -0.1) is 0 Å². The van der Waals surface area contributed by atoms with Gasteiger partial charge in [-0.1, -0.05) is 47.8 Å². The van der Waals surface area contributed by atoms with E-state index in [9.17, 15) is 22.0 Å². The van der Waals surface area contributed by atoms with E-state index >= 15 is 0 Å². The fourth-order valence-corrected chi connectivity index (χ4v) is 6.25. The second-order valence-electron chi connectivity index (χ2n) is 8.38. The second-order valence-corrected chi connectivity index (χ2v) is 12.3. The lowest BCUT2D eigenvalue weighted by Gasteiger charge is -2.32. The fourth-order valence-electron chi connectivity index (χ4n) is 4.15. The molecule has 0 bridgehead atoms. The highest BCUT2D eigenvalue weighted by Gasteiger charge is 2.35. The molecule has 0 aromatic heterocycles. The molecular formula is C23H30N4O5S2. The lowest BCUT2D eigenvalue weighted by molar-refractivity contribution is 0.00677. The molecule has 1 aliphatic rings. The van der Waals surface area contributed by atoms with E-state index in [0.29, 0.717) is 35.1 Å². The van der Waals surface area contributed by atoms with Crippen LogP contribution in [0.1, 0.15) is 24.5 Å². The largest absolute Gasteiger partial charge is 0.368 e. The fraction of sp³-hybridized carbons (Fsp3) is 0.435. The molecule has 1 N–H and O–H groups in total. The van der Waals surface area contributed by atoms with Crippen LogP contribution in [0.25, 0.3) is 4.85 Å². The molecule has 9 nitrogen and oxygen atoms in total. The molecule has 0 aliphatic carbocycles. The average Bonchev–Trinajstić information content (AvgIpc) is 2.94. The summed E-state index contributed by atoms with van der Waals surface area (Å²) in [5, 5.41) is 9.94. The van der Waals surface area contributed by atoms with Gasteiger partial charge < -0.3 is 4.90 Å². The van der Waals surface area contributed by atoms with Gasteiger partial charge in [-0.3, -0.25) is 5.21 Å². The predicted molar refractivity (Wildman–Crippen MR) is 132 cm³/mol. The molecule has 0 fully saturated rings. The smallest absolute Gasteiger partial charge is 0.232 e. The first-order chi connectivity index (χ1) is 16.0. The third-order valence-electron chi connectivity index (χ3n) is 5.78. The summed E-state index contributed by atoms with van der Waals surface area (Å²) < 4.78 is 51.9. The van der Waals surface area contributed by atoms with E-state index < -0.39 is 26.1 Å². The molecule has 0 saturated heterocycles. The van der Waals surface area contributed by atoms with Gasteiger partial charge >= 0.3 is 0 Å². The van der Waals surface area contributed by atoms with Crippen molar-refractivity contribution in [1.29, 1.82) is 0 Å². The molecule has 184 valence electrons. The van der Waals surface area contributed by atoms with Gasteiger partial charge in [0.25, 0.3) is 0 Å². The first-order valence-corrected chi connectivity index (χ1v) is 14.5. The number of rotatable bonds is 9. The molecule has 1 aliphatic heterocycles. The molecular weight excluding hydrogens is 476 g/mol. The summed E-state index contributed by atoms with van der Waals surface area (Å²) in [5.74, 6) is 0.00856. The molecule has 11 heteroatoms. The summed E-state index contributed by atoms with van der Waals surface area (Å²) >= 11 is 0. The van der Waals surface area contributed by atoms with E-state index in [2.05, 4.69) is 4.85 Å². The van der Waals surface area contributed by atoms with Gasteiger partial charge in [0.15, 0.2) is 5.69 Å². The zero-order valence-electron chi connectivity index (χ0n) is 19.3. The van der Waals surface area contributed by atoms with Crippen molar-refractivity contribution in [2.45, 2.75) is 32.4 Å². The van der Waals surface area contributed by atoms with Crippen LogP contribution in [0.15, 0.2) is 48.5 Å². The Morgan fingerprint density at radius 3 is 2.47 bits per heavy atom. The predicted octanol–water partition coefficient (Wildman–Crippen LogP) is 2.86. The third kappa shape index (κ3) is 6.34. The lowest BCUT2D eigenvalue weighted by Crippen LogP contribution is -2.47. The molecule has 0 radical (unpaired) electrons. The number of fused-ring (bicyclic) bond motifs is 1. The quantitative estimate of drug-likeness (QED) is 0.415. The van der Waals surface area contributed by atoms with E-state index in [4.69, 9.17) is 6.57 Å². The van der Waals surface area contributed by atoms with Crippen molar-refractivity contribution in [3.63, 3.8) is 0 Å². The topological polar surface area (TPSA) is 103 Å². The number of hydroxylamine groups is 1.